The molecular formula is C30H30S. The molecule has 2 aliphatic rings. The molecule has 0 atom stereocenters. The van der Waals surface area contributed by atoms with E-state index in [0.717, 1.165) is 32.1 Å². The Morgan fingerprint density at radius 2 is 1.90 bits per heavy atom. The summed E-state index contributed by atoms with van der Waals surface area (Å²) in [6.07, 6.45) is 17.3. The lowest BCUT2D eigenvalue weighted by atomic mass is 9.80. The Balaban J connectivity index is 1.73. The van der Waals surface area contributed by atoms with Crippen LogP contribution >= 0.6 is 11.3 Å². The molecule has 0 radical (unpaired) electrons. The first-order valence-electron chi connectivity index (χ1n) is 11.6. The van der Waals surface area contributed by atoms with E-state index in [1.54, 1.807) is 4.88 Å². The summed E-state index contributed by atoms with van der Waals surface area (Å²) in [4.78, 5) is 1.54. The van der Waals surface area contributed by atoms with Crippen molar-refractivity contribution in [2.45, 2.75) is 52.9 Å². The van der Waals surface area contributed by atoms with Crippen LogP contribution in [-0.4, -0.2) is 0 Å². The van der Waals surface area contributed by atoms with Crippen LogP contribution in [0, 0.1) is 0 Å². The first-order chi connectivity index (χ1) is 15.2. The van der Waals surface area contributed by atoms with Crippen LogP contribution < -0.4 is 0 Å². The first kappa shape index (κ1) is 20.3. The number of aryl methyl sites for hydroxylation is 2. The molecular weight excluding hydrogens is 392 g/mol. The Labute approximate surface area is 190 Å². The van der Waals surface area contributed by atoms with Crippen molar-refractivity contribution in [1.82, 2.24) is 0 Å². The van der Waals surface area contributed by atoms with Gasteiger partial charge in [-0.2, -0.15) is 0 Å². The molecule has 0 saturated carbocycles. The third-order valence-corrected chi connectivity index (χ3v) is 8.02. The molecule has 0 N–H and O–H groups in total. The van der Waals surface area contributed by atoms with Crippen LogP contribution in [0.25, 0.3) is 33.9 Å². The molecule has 0 spiro atoms. The van der Waals surface area contributed by atoms with Crippen molar-refractivity contribution in [2.75, 3.05) is 0 Å². The zero-order valence-corrected chi connectivity index (χ0v) is 19.6. The highest BCUT2D eigenvalue weighted by atomic mass is 32.1. The van der Waals surface area contributed by atoms with Gasteiger partial charge in [-0.15, -0.1) is 11.3 Å². The van der Waals surface area contributed by atoms with Crippen LogP contribution in [0.4, 0.5) is 0 Å². The average Bonchev–Trinajstić information content (AvgIpc) is 3.18. The van der Waals surface area contributed by atoms with Crippen LogP contribution in [0.2, 0.25) is 0 Å². The van der Waals surface area contributed by atoms with Gasteiger partial charge in [-0.25, -0.2) is 0 Å². The lowest BCUT2D eigenvalue weighted by molar-refractivity contribution is 0.968. The van der Waals surface area contributed by atoms with Gasteiger partial charge in [0.25, 0.3) is 0 Å². The minimum Gasteiger partial charge on any atom is -0.140 e. The first-order valence-corrected chi connectivity index (χ1v) is 12.4. The highest BCUT2D eigenvalue weighted by molar-refractivity contribution is 7.19. The number of benzene rings is 2. The number of hydrogen-bond donors (Lipinski definition) is 0. The van der Waals surface area contributed by atoms with E-state index in [1.807, 2.05) is 11.3 Å². The smallest absolute Gasteiger partial charge is 0.0351 e. The van der Waals surface area contributed by atoms with Gasteiger partial charge in [0, 0.05) is 9.58 Å². The third-order valence-electron chi connectivity index (χ3n) is 6.77. The van der Waals surface area contributed by atoms with E-state index in [2.05, 4.69) is 87.5 Å². The molecule has 156 valence electrons. The molecule has 0 unspecified atom stereocenters. The SMILES string of the molecule is CC=Cc1c(C(C2=Cc3c(sc4ccccc34)CC2)=C(C)CC)ccc2c1C=CCC2. The predicted molar refractivity (Wildman–Crippen MR) is 140 cm³/mol. The molecule has 0 amide bonds. The minimum absolute atomic E-state index is 1.08. The van der Waals surface area contributed by atoms with Crippen molar-refractivity contribution in [3.05, 3.63) is 92.4 Å². The molecule has 2 aromatic carbocycles. The maximum absolute atomic E-state index is 2.50. The van der Waals surface area contributed by atoms with Crippen molar-refractivity contribution in [3.63, 3.8) is 0 Å². The van der Waals surface area contributed by atoms with Gasteiger partial charge in [0.05, 0.1) is 0 Å². The van der Waals surface area contributed by atoms with Crippen LogP contribution in [0.15, 0.2) is 59.7 Å². The standard InChI is InChI=1S/C30H30S/c1-4-10-24-23-12-7-6-11-21(23)15-17-26(24)30(20(3)5-2)22-16-18-29-27(19-22)25-13-8-9-14-28(25)31-29/h4,7-10,12-15,17,19H,5-6,11,16,18H2,1-3H3. The highest BCUT2D eigenvalue weighted by Crippen LogP contribution is 2.43. The molecule has 1 heterocycles. The van der Waals surface area contributed by atoms with Crippen LogP contribution in [-0.2, 0) is 12.8 Å². The third kappa shape index (κ3) is 3.55. The second-order valence-corrected chi connectivity index (χ2v) is 9.79. The zero-order chi connectivity index (χ0) is 21.4. The van der Waals surface area contributed by atoms with Crippen molar-refractivity contribution in [1.29, 1.82) is 0 Å². The average molecular weight is 423 g/mol. The Bertz CT molecular complexity index is 1270. The summed E-state index contributed by atoms with van der Waals surface area (Å²) >= 11 is 1.97. The van der Waals surface area contributed by atoms with E-state index in [4.69, 9.17) is 0 Å². The molecule has 0 fully saturated rings. The number of fused-ring (bicyclic) bond motifs is 4. The van der Waals surface area contributed by atoms with Gasteiger partial charge in [-0.05, 0) is 102 Å². The number of thiophene rings is 1. The van der Waals surface area contributed by atoms with Gasteiger partial charge in [0.15, 0.2) is 0 Å². The summed E-state index contributed by atoms with van der Waals surface area (Å²) in [7, 11) is 0. The Hall–Kier alpha value is -2.64. The van der Waals surface area contributed by atoms with Gasteiger partial charge in [-0.1, -0.05) is 67.1 Å². The predicted octanol–water partition coefficient (Wildman–Crippen LogP) is 9.11. The molecule has 1 heteroatoms. The van der Waals surface area contributed by atoms with Crippen LogP contribution in [0.5, 0.6) is 0 Å². The molecule has 0 nitrogen and oxygen atoms in total. The van der Waals surface area contributed by atoms with E-state index in [0.29, 0.717) is 0 Å². The normalized spacial score (nSPS) is 16.3. The monoisotopic (exact) mass is 422 g/mol. The Morgan fingerprint density at radius 1 is 1.03 bits per heavy atom. The lowest BCUT2D eigenvalue weighted by Gasteiger charge is -2.24. The molecule has 5 rings (SSSR count). The highest BCUT2D eigenvalue weighted by Gasteiger charge is 2.22. The summed E-state index contributed by atoms with van der Waals surface area (Å²) in [6.45, 7) is 6.75. The molecule has 0 aliphatic heterocycles. The summed E-state index contributed by atoms with van der Waals surface area (Å²) < 4.78 is 1.41. The zero-order valence-electron chi connectivity index (χ0n) is 18.8. The van der Waals surface area contributed by atoms with Gasteiger partial charge in [0.2, 0.25) is 0 Å². The van der Waals surface area contributed by atoms with Crippen LogP contribution in [0.3, 0.4) is 0 Å². The minimum atomic E-state index is 1.08. The van der Waals surface area contributed by atoms with E-state index in [-0.39, 0.29) is 0 Å². The number of allylic oxidation sites excluding steroid dienone is 5. The van der Waals surface area contributed by atoms with E-state index in [1.165, 1.54) is 54.6 Å². The van der Waals surface area contributed by atoms with E-state index < -0.39 is 0 Å². The molecule has 0 bridgehead atoms. The molecule has 3 aromatic rings. The fourth-order valence-corrected chi connectivity index (χ4v) is 6.29. The summed E-state index contributed by atoms with van der Waals surface area (Å²) in [5.74, 6) is 0. The van der Waals surface area contributed by atoms with Gasteiger partial charge in [-0.3, -0.25) is 0 Å². The van der Waals surface area contributed by atoms with Gasteiger partial charge < -0.3 is 0 Å². The van der Waals surface area contributed by atoms with E-state index in [9.17, 15) is 0 Å². The Kier molecular flexibility index (Phi) is 5.54. The molecule has 31 heavy (non-hydrogen) atoms. The van der Waals surface area contributed by atoms with E-state index >= 15 is 0 Å². The van der Waals surface area contributed by atoms with Crippen molar-refractivity contribution in [3.8, 4) is 0 Å². The van der Waals surface area contributed by atoms with Crippen molar-refractivity contribution in [2.24, 2.45) is 0 Å². The maximum Gasteiger partial charge on any atom is 0.0351 e. The molecule has 1 aromatic heterocycles. The van der Waals surface area contributed by atoms with Gasteiger partial charge in [0.1, 0.15) is 0 Å². The second-order valence-electron chi connectivity index (χ2n) is 8.65. The lowest BCUT2D eigenvalue weighted by Crippen LogP contribution is -2.05. The molecule has 2 aliphatic carbocycles. The summed E-state index contributed by atoms with van der Waals surface area (Å²) in [5, 5.41) is 1.41. The fraction of sp³-hybridized carbons (Fsp3) is 0.267. The number of rotatable bonds is 4. The topological polar surface area (TPSA) is 0 Å². The van der Waals surface area contributed by atoms with Gasteiger partial charge >= 0.3 is 0 Å². The summed E-state index contributed by atoms with van der Waals surface area (Å²) in [6, 6.07) is 13.6. The summed E-state index contributed by atoms with van der Waals surface area (Å²) in [5.41, 5.74) is 11.6. The largest absolute Gasteiger partial charge is 0.140 e. The van der Waals surface area contributed by atoms with Crippen molar-refractivity contribution < 1.29 is 0 Å². The maximum atomic E-state index is 2.50. The molecule has 0 saturated heterocycles. The van der Waals surface area contributed by atoms with Crippen molar-refractivity contribution >= 4 is 45.2 Å². The fourth-order valence-electron chi connectivity index (χ4n) is 5.11. The van der Waals surface area contributed by atoms with Crippen LogP contribution in [0.1, 0.15) is 72.7 Å². The number of hydrogen-bond acceptors (Lipinski definition) is 1. The Morgan fingerprint density at radius 3 is 2.74 bits per heavy atom. The quantitative estimate of drug-likeness (QED) is 0.393. The second kappa shape index (κ2) is 8.48.